The molecule has 3 aromatic rings. The fourth-order valence-corrected chi connectivity index (χ4v) is 2.97. The number of benzene rings is 2. The van der Waals surface area contributed by atoms with E-state index < -0.39 is 6.04 Å². The molecule has 3 N–H and O–H groups in total. The van der Waals surface area contributed by atoms with Crippen LogP contribution >= 0.6 is 0 Å². The second kappa shape index (κ2) is 7.84. The third kappa shape index (κ3) is 3.92. The summed E-state index contributed by atoms with van der Waals surface area (Å²) in [5.41, 5.74) is 2.42. The van der Waals surface area contributed by atoms with Crippen molar-refractivity contribution in [3.63, 3.8) is 0 Å². The average molecular weight is 351 g/mol. The molecule has 0 spiro atoms. The molecule has 1 unspecified atom stereocenters. The summed E-state index contributed by atoms with van der Waals surface area (Å²) in [5.74, 6) is -0.341. The molecule has 0 saturated carbocycles. The second-order valence-corrected chi connectivity index (χ2v) is 6.08. The van der Waals surface area contributed by atoms with Crippen molar-refractivity contribution in [1.82, 2.24) is 9.88 Å². The minimum Gasteiger partial charge on any atom is -0.394 e. The summed E-state index contributed by atoms with van der Waals surface area (Å²) in [6.45, 7) is 1.41. The number of anilines is 1. The molecule has 26 heavy (non-hydrogen) atoms. The Morgan fingerprint density at radius 1 is 1.08 bits per heavy atom. The van der Waals surface area contributed by atoms with Crippen LogP contribution in [0.25, 0.3) is 10.9 Å². The number of carbonyl (C=O) groups excluding carboxylic acids is 2. The van der Waals surface area contributed by atoms with Gasteiger partial charge < -0.3 is 20.3 Å². The van der Waals surface area contributed by atoms with E-state index in [2.05, 4.69) is 10.6 Å². The van der Waals surface area contributed by atoms with Gasteiger partial charge in [0.15, 0.2) is 0 Å². The molecule has 6 nitrogen and oxygen atoms in total. The Kier molecular flexibility index (Phi) is 5.34. The molecule has 0 aliphatic heterocycles. The van der Waals surface area contributed by atoms with E-state index in [9.17, 15) is 14.7 Å². The largest absolute Gasteiger partial charge is 0.394 e. The van der Waals surface area contributed by atoms with Crippen LogP contribution in [0.1, 0.15) is 18.5 Å². The van der Waals surface area contributed by atoms with Crippen LogP contribution in [-0.4, -0.2) is 28.1 Å². The number of fused-ring (bicyclic) bond motifs is 1. The van der Waals surface area contributed by atoms with Gasteiger partial charge in [-0.3, -0.25) is 9.59 Å². The van der Waals surface area contributed by atoms with Gasteiger partial charge in [-0.25, -0.2) is 0 Å². The first-order valence-corrected chi connectivity index (χ1v) is 8.39. The van der Waals surface area contributed by atoms with E-state index in [0.717, 1.165) is 16.5 Å². The van der Waals surface area contributed by atoms with Crippen LogP contribution in [0.15, 0.2) is 60.8 Å². The van der Waals surface area contributed by atoms with Crippen molar-refractivity contribution < 1.29 is 14.7 Å². The Morgan fingerprint density at radius 3 is 2.54 bits per heavy atom. The van der Waals surface area contributed by atoms with Gasteiger partial charge in [-0.2, -0.15) is 0 Å². The van der Waals surface area contributed by atoms with Crippen molar-refractivity contribution in [3.05, 3.63) is 66.4 Å². The number of nitrogens with one attached hydrogen (secondary N) is 2. The van der Waals surface area contributed by atoms with Crippen molar-refractivity contribution in [2.24, 2.45) is 0 Å². The van der Waals surface area contributed by atoms with E-state index in [1.54, 1.807) is 0 Å². The third-order valence-corrected chi connectivity index (χ3v) is 4.16. The summed E-state index contributed by atoms with van der Waals surface area (Å²) >= 11 is 0. The lowest BCUT2D eigenvalue weighted by molar-refractivity contribution is -0.122. The fourth-order valence-electron chi connectivity index (χ4n) is 2.97. The molecule has 6 heteroatoms. The normalized spacial score (nSPS) is 11.9. The zero-order valence-electron chi connectivity index (χ0n) is 14.5. The lowest BCUT2D eigenvalue weighted by Gasteiger charge is -2.17. The predicted octanol–water partition coefficient (Wildman–Crippen LogP) is 2.45. The van der Waals surface area contributed by atoms with E-state index in [4.69, 9.17) is 0 Å². The molecule has 3 rings (SSSR count). The van der Waals surface area contributed by atoms with E-state index in [1.165, 1.54) is 6.92 Å². The maximum absolute atomic E-state index is 12.4. The lowest BCUT2D eigenvalue weighted by Crippen LogP contribution is -2.33. The number of aromatic nitrogens is 1. The Hall–Kier alpha value is -3.12. The van der Waals surface area contributed by atoms with E-state index >= 15 is 0 Å². The number of carbonyl (C=O) groups is 2. The smallest absolute Gasteiger partial charge is 0.240 e. The highest BCUT2D eigenvalue weighted by Crippen LogP contribution is 2.24. The van der Waals surface area contributed by atoms with Crippen molar-refractivity contribution in [2.75, 3.05) is 11.9 Å². The van der Waals surface area contributed by atoms with Gasteiger partial charge in [-0.15, -0.1) is 0 Å². The molecular formula is C20H21N3O3. The molecule has 0 aliphatic carbocycles. The zero-order valence-corrected chi connectivity index (χ0v) is 14.5. The maximum atomic E-state index is 12.4. The Bertz CT molecular complexity index is 918. The number of aliphatic hydroxyl groups is 1. The second-order valence-electron chi connectivity index (χ2n) is 6.08. The molecule has 1 aromatic heterocycles. The standard InChI is InChI=1S/C20H21N3O3/c1-14(25)21-17-8-5-9-19-16(17)10-11-23(19)12-20(26)22-18(13-24)15-6-3-2-4-7-15/h2-11,18,24H,12-13H2,1H3,(H,21,25)(H,22,26). The number of nitrogens with zero attached hydrogens (tertiary/aromatic N) is 1. The summed E-state index contributed by atoms with van der Waals surface area (Å²) in [4.78, 5) is 23.8. The highest BCUT2D eigenvalue weighted by molar-refractivity contribution is 6.01. The van der Waals surface area contributed by atoms with Crippen LogP contribution in [0.2, 0.25) is 0 Å². The Morgan fingerprint density at radius 2 is 1.85 bits per heavy atom. The summed E-state index contributed by atoms with van der Waals surface area (Å²) in [5, 5.41) is 16.1. The summed E-state index contributed by atoms with van der Waals surface area (Å²) in [6, 6.07) is 16.3. The number of rotatable bonds is 6. The number of amides is 2. The molecule has 0 aliphatic rings. The van der Waals surface area contributed by atoms with Crippen LogP contribution < -0.4 is 10.6 Å². The van der Waals surface area contributed by atoms with Crippen LogP contribution in [0.4, 0.5) is 5.69 Å². The van der Waals surface area contributed by atoms with E-state index in [-0.39, 0.29) is 25.0 Å². The molecular weight excluding hydrogens is 330 g/mol. The van der Waals surface area contributed by atoms with Gasteiger partial charge in [0.2, 0.25) is 11.8 Å². The molecule has 0 radical (unpaired) electrons. The minimum atomic E-state index is -0.444. The van der Waals surface area contributed by atoms with Gasteiger partial charge in [0, 0.05) is 18.5 Å². The Balaban J connectivity index is 1.76. The van der Waals surface area contributed by atoms with Gasteiger partial charge in [0.05, 0.1) is 23.9 Å². The topological polar surface area (TPSA) is 83.4 Å². The van der Waals surface area contributed by atoms with Crippen LogP contribution in [-0.2, 0) is 16.1 Å². The quantitative estimate of drug-likeness (QED) is 0.638. The third-order valence-electron chi connectivity index (χ3n) is 4.16. The fraction of sp³-hybridized carbons (Fsp3) is 0.200. The lowest BCUT2D eigenvalue weighted by atomic mass is 10.1. The summed E-state index contributed by atoms with van der Waals surface area (Å²) < 4.78 is 1.81. The van der Waals surface area contributed by atoms with Gasteiger partial charge in [-0.05, 0) is 23.8 Å². The van der Waals surface area contributed by atoms with Crippen LogP contribution in [0.5, 0.6) is 0 Å². The van der Waals surface area contributed by atoms with Crippen LogP contribution in [0, 0.1) is 0 Å². The zero-order chi connectivity index (χ0) is 18.5. The van der Waals surface area contributed by atoms with Crippen molar-refractivity contribution >= 4 is 28.4 Å². The van der Waals surface area contributed by atoms with E-state index in [0.29, 0.717) is 5.69 Å². The molecule has 134 valence electrons. The van der Waals surface area contributed by atoms with Gasteiger partial charge in [0.1, 0.15) is 6.54 Å². The highest BCUT2D eigenvalue weighted by Gasteiger charge is 2.15. The summed E-state index contributed by atoms with van der Waals surface area (Å²) in [6.07, 6.45) is 1.81. The molecule has 0 bridgehead atoms. The first-order chi connectivity index (χ1) is 12.6. The average Bonchev–Trinajstić information content (AvgIpc) is 3.04. The monoisotopic (exact) mass is 351 g/mol. The minimum absolute atomic E-state index is 0.121. The van der Waals surface area contributed by atoms with Crippen molar-refractivity contribution in [3.8, 4) is 0 Å². The molecule has 2 amide bonds. The summed E-state index contributed by atoms with van der Waals surface area (Å²) in [7, 11) is 0. The SMILES string of the molecule is CC(=O)Nc1cccc2c1ccn2CC(=O)NC(CO)c1ccccc1. The van der Waals surface area contributed by atoms with E-state index in [1.807, 2.05) is 65.4 Å². The predicted molar refractivity (Wildman–Crippen MR) is 101 cm³/mol. The van der Waals surface area contributed by atoms with Gasteiger partial charge in [0.25, 0.3) is 0 Å². The molecule has 1 heterocycles. The first kappa shape index (κ1) is 17.7. The molecule has 2 aromatic carbocycles. The molecule has 1 atom stereocenters. The maximum Gasteiger partial charge on any atom is 0.240 e. The van der Waals surface area contributed by atoms with Gasteiger partial charge >= 0.3 is 0 Å². The first-order valence-electron chi connectivity index (χ1n) is 8.39. The number of hydrogen-bond acceptors (Lipinski definition) is 3. The Labute approximate surface area is 151 Å². The van der Waals surface area contributed by atoms with Crippen molar-refractivity contribution in [2.45, 2.75) is 19.5 Å². The van der Waals surface area contributed by atoms with Crippen LogP contribution in [0.3, 0.4) is 0 Å². The van der Waals surface area contributed by atoms with Gasteiger partial charge in [-0.1, -0.05) is 36.4 Å². The molecule has 0 saturated heterocycles. The number of hydrogen-bond donors (Lipinski definition) is 3. The number of aliphatic hydroxyl groups excluding tert-OH is 1. The highest BCUT2D eigenvalue weighted by atomic mass is 16.3. The van der Waals surface area contributed by atoms with Crippen molar-refractivity contribution in [1.29, 1.82) is 0 Å². The molecule has 0 fully saturated rings.